The van der Waals surface area contributed by atoms with E-state index in [1.807, 2.05) is 20.8 Å². The van der Waals surface area contributed by atoms with Crippen LogP contribution in [0.4, 0.5) is 0 Å². The summed E-state index contributed by atoms with van der Waals surface area (Å²) in [6.45, 7) is 5.77. The Morgan fingerprint density at radius 3 is 2.31 bits per heavy atom. The first-order chi connectivity index (χ1) is 6.05. The van der Waals surface area contributed by atoms with Gasteiger partial charge in [0.2, 0.25) is 0 Å². The summed E-state index contributed by atoms with van der Waals surface area (Å²) in [5, 5.41) is 0. The van der Waals surface area contributed by atoms with Crippen molar-refractivity contribution in [1.82, 2.24) is 0 Å². The van der Waals surface area contributed by atoms with Gasteiger partial charge in [-0.2, -0.15) is 0 Å². The molecule has 0 aromatic carbocycles. The maximum Gasteiger partial charge on any atom is 0.312 e. The summed E-state index contributed by atoms with van der Waals surface area (Å²) in [6.07, 6.45) is 1.67. The quantitative estimate of drug-likeness (QED) is 0.485. The molecule has 13 heavy (non-hydrogen) atoms. The van der Waals surface area contributed by atoms with Gasteiger partial charge in [-0.05, 0) is 12.3 Å². The molecule has 0 aromatic rings. The highest BCUT2D eigenvalue weighted by Gasteiger charge is 2.40. The average Bonchev–Trinajstić information content (AvgIpc) is 2.12. The minimum atomic E-state index is -0.628. The van der Waals surface area contributed by atoms with Crippen LogP contribution >= 0.6 is 0 Å². The maximum absolute atomic E-state index is 11.5. The summed E-state index contributed by atoms with van der Waals surface area (Å²) in [5.41, 5.74) is -0.628. The zero-order chi connectivity index (χ0) is 10.5. The van der Waals surface area contributed by atoms with Crippen molar-refractivity contribution in [3.63, 3.8) is 0 Å². The highest BCUT2D eigenvalue weighted by atomic mass is 16.5. The molecule has 3 heteroatoms. The molecule has 0 saturated carbocycles. The molecule has 0 unspecified atom stereocenters. The van der Waals surface area contributed by atoms with Gasteiger partial charge in [-0.3, -0.25) is 4.79 Å². The van der Waals surface area contributed by atoms with E-state index in [0.29, 0.717) is 6.42 Å². The maximum atomic E-state index is 11.5. The van der Waals surface area contributed by atoms with Crippen LogP contribution < -0.4 is 0 Å². The standard InChI is InChI=1S/C10H18O3/c1-5-10(6-7-11,8(2)3)9(12)13-4/h7-8H,5-6H2,1-4H3/t10-/m1/s1. The molecular weight excluding hydrogens is 168 g/mol. The zero-order valence-electron chi connectivity index (χ0n) is 8.79. The van der Waals surface area contributed by atoms with Gasteiger partial charge in [0.05, 0.1) is 12.5 Å². The summed E-state index contributed by atoms with van der Waals surface area (Å²) < 4.78 is 4.72. The van der Waals surface area contributed by atoms with Gasteiger partial charge in [-0.1, -0.05) is 20.8 Å². The van der Waals surface area contributed by atoms with E-state index in [9.17, 15) is 9.59 Å². The topological polar surface area (TPSA) is 43.4 Å². The first-order valence-corrected chi connectivity index (χ1v) is 4.57. The monoisotopic (exact) mass is 186 g/mol. The van der Waals surface area contributed by atoms with Gasteiger partial charge in [0, 0.05) is 6.42 Å². The number of esters is 1. The Morgan fingerprint density at radius 2 is 2.08 bits per heavy atom. The van der Waals surface area contributed by atoms with Crippen LogP contribution in [0.15, 0.2) is 0 Å². The van der Waals surface area contributed by atoms with Gasteiger partial charge in [0.25, 0.3) is 0 Å². The van der Waals surface area contributed by atoms with Gasteiger partial charge < -0.3 is 9.53 Å². The van der Waals surface area contributed by atoms with Crippen LogP contribution in [0.5, 0.6) is 0 Å². The summed E-state index contributed by atoms with van der Waals surface area (Å²) in [5.74, 6) is -0.160. The number of ether oxygens (including phenoxy) is 1. The van der Waals surface area contributed by atoms with Crippen LogP contribution in [0.1, 0.15) is 33.6 Å². The third-order valence-electron chi connectivity index (χ3n) is 2.78. The Bertz CT molecular complexity index is 187. The highest BCUT2D eigenvalue weighted by molar-refractivity contribution is 5.80. The molecule has 0 spiro atoms. The van der Waals surface area contributed by atoms with Gasteiger partial charge in [-0.25, -0.2) is 0 Å². The summed E-state index contributed by atoms with van der Waals surface area (Å²) in [6, 6.07) is 0. The second kappa shape index (κ2) is 5.00. The smallest absolute Gasteiger partial charge is 0.312 e. The molecule has 0 radical (unpaired) electrons. The largest absolute Gasteiger partial charge is 0.469 e. The predicted octanol–water partition coefficient (Wildman–Crippen LogP) is 1.80. The van der Waals surface area contributed by atoms with E-state index in [4.69, 9.17) is 4.74 Å². The molecule has 0 amide bonds. The van der Waals surface area contributed by atoms with Crippen molar-refractivity contribution in [2.24, 2.45) is 11.3 Å². The summed E-state index contributed by atoms with van der Waals surface area (Å²) in [4.78, 5) is 22.0. The summed E-state index contributed by atoms with van der Waals surface area (Å²) in [7, 11) is 1.36. The normalized spacial score (nSPS) is 15.2. The van der Waals surface area contributed by atoms with Crippen molar-refractivity contribution >= 4 is 12.3 Å². The van der Waals surface area contributed by atoms with Crippen LogP contribution in [-0.4, -0.2) is 19.4 Å². The lowest BCUT2D eigenvalue weighted by Gasteiger charge is -2.31. The number of carbonyl (C=O) groups is 2. The first-order valence-electron chi connectivity index (χ1n) is 4.57. The second-order valence-electron chi connectivity index (χ2n) is 3.53. The molecular formula is C10H18O3. The second-order valence-corrected chi connectivity index (χ2v) is 3.53. The molecule has 1 atom stereocenters. The number of carbonyl (C=O) groups excluding carboxylic acids is 2. The van der Waals surface area contributed by atoms with E-state index in [1.54, 1.807) is 0 Å². The van der Waals surface area contributed by atoms with Crippen LogP contribution in [0.2, 0.25) is 0 Å². The molecule has 0 saturated heterocycles. The van der Waals surface area contributed by atoms with Crippen molar-refractivity contribution in [2.45, 2.75) is 33.6 Å². The van der Waals surface area contributed by atoms with Crippen LogP contribution in [0.25, 0.3) is 0 Å². The Morgan fingerprint density at radius 1 is 1.54 bits per heavy atom. The van der Waals surface area contributed by atoms with Crippen LogP contribution in [0, 0.1) is 11.3 Å². The fraction of sp³-hybridized carbons (Fsp3) is 0.800. The van der Waals surface area contributed by atoms with Crippen molar-refractivity contribution < 1.29 is 14.3 Å². The Kier molecular flexibility index (Phi) is 4.67. The molecule has 0 aliphatic rings. The Labute approximate surface area is 79.5 Å². The van der Waals surface area contributed by atoms with E-state index in [2.05, 4.69) is 0 Å². The Hall–Kier alpha value is -0.860. The number of hydrogen-bond acceptors (Lipinski definition) is 3. The molecule has 0 fully saturated rings. The van der Waals surface area contributed by atoms with Crippen LogP contribution in [-0.2, 0) is 14.3 Å². The molecule has 0 heterocycles. The molecule has 0 rings (SSSR count). The zero-order valence-corrected chi connectivity index (χ0v) is 8.79. The van der Waals surface area contributed by atoms with Crippen molar-refractivity contribution in [3.05, 3.63) is 0 Å². The minimum Gasteiger partial charge on any atom is -0.469 e. The lowest BCUT2D eigenvalue weighted by atomic mass is 9.73. The fourth-order valence-electron chi connectivity index (χ4n) is 1.60. The predicted molar refractivity (Wildman–Crippen MR) is 50.3 cm³/mol. The SMILES string of the molecule is CC[C@](CC=O)(C(=O)OC)C(C)C. The minimum absolute atomic E-state index is 0.121. The van der Waals surface area contributed by atoms with E-state index < -0.39 is 5.41 Å². The molecule has 0 aromatic heterocycles. The van der Waals surface area contributed by atoms with Gasteiger partial charge in [-0.15, -0.1) is 0 Å². The molecule has 0 bridgehead atoms. The van der Waals surface area contributed by atoms with E-state index in [-0.39, 0.29) is 18.3 Å². The van der Waals surface area contributed by atoms with Crippen molar-refractivity contribution in [3.8, 4) is 0 Å². The average molecular weight is 186 g/mol. The Balaban J connectivity index is 4.84. The van der Waals surface area contributed by atoms with E-state index in [0.717, 1.165) is 6.29 Å². The lowest BCUT2D eigenvalue weighted by Crippen LogP contribution is -2.37. The third-order valence-corrected chi connectivity index (χ3v) is 2.78. The lowest BCUT2D eigenvalue weighted by molar-refractivity contribution is -0.157. The molecule has 0 N–H and O–H groups in total. The molecule has 3 nitrogen and oxygen atoms in total. The number of aldehydes is 1. The fourth-order valence-corrected chi connectivity index (χ4v) is 1.60. The third kappa shape index (κ3) is 2.29. The van der Waals surface area contributed by atoms with Crippen molar-refractivity contribution in [1.29, 1.82) is 0 Å². The van der Waals surface area contributed by atoms with Crippen LogP contribution in [0.3, 0.4) is 0 Å². The first kappa shape index (κ1) is 12.1. The molecule has 76 valence electrons. The van der Waals surface area contributed by atoms with E-state index >= 15 is 0 Å². The molecule has 0 aliphatic heterocycles. The summed E-state index contributed by atoms with van der Waals surface area (Å²) >= 11 is 0. The number of hydrogen-bond donors (Lipinski definition) is 0. The van der Waals surface area contributed by atoms with Crippen molar-refractivity contribution in [2.75, 3.05) is 7.11 Å². The van der Waals surface area contributed by atoms with E-state index in [1.165, 1.54) is 7.11 Å². The van der Waals surface area contributed by atoms with Gasteiger partial charge >= 0.3 is 5.97 Å². The molecule has 0 aliphatic carbocycles. The van der Waals surface area contributed by atoms with Gasteiger partial charge in [0.15, 0.2) is 0 Å². The highest BCUT2D eigenvalue weighted by Crippen LogP contribution is 2.35. The number of rotatable bonds is 5. The number of methoxy groups -OCH3 is 1. The van der Waals surface area contributed by atoms with Gasteiger partial charge in [0.1, 0.15) is 6.29 Å².